The number of nitrogens with zero attached hydrogens (tertiary/aromatic N) is 1. The number of aromatic nitrogens is 2. The van der Waals surface area contributed by atoms with E-state index in [0.717, 1.165) is 0 Å². The minimum absolute atomic E-state index is 0.0264. The van der Waals surface area contributed by atoms with E-state index in [4.69, 9.17) is 4.74 Å². The highest BCUT2D eigenvalue weighted by Crippen LogP contribution is 2.35. The smallest absolute Gasteiger partial charge is 0.265 e. The molecule has 0 bridgehead atoms. The van der Waals surface area contributed by atoms with Gasteiger partial charge in [-0.05, 0) is 36.4 Å². The van der Waals surface area contributed by atoms with Crippen LogP contribution in [0.5, 0.6) is 5.75 Å². The van der Waals surface area contributed by atoms with Gasteiger partial charge in [-0.1, -0.05) is 12.1 Å². The summed E-state index contributed by atoms with van der Waals surface area (Å²) in [7, 11) is -2.46. The first kappa shape index (κ1) is 17.8. The van der Waals surface area contributed by atoms with Crippen molar-refractivity contribution >= 4 is 39.0 Å². The van der Waals surface area contributed by atoms with Crippen LogP contribution in [-0.2, 0) is 14.8 Å². The lowest BCUT2D eigenvalue weighted by Crippen LogP contribution is -2.14. The Morgan fingerprint density at radius 3 is 2.75 bits per heavy atom. The fraction of sp³-hybridized carbons (Fsp3) is 0.0526. The van der Waals surface area contributed by atoms with Crippen LogP contribution in [0.2, 0.25) is 0 Å². The maximum Gasteiger partial charge on any atom is 0.265 e. The first-order valence-electron chi connectivity index (χ1n) is 8.30. The first-order valence-corrected chi connectivity index (χ1v) is 9.79. The molecule has 142 valence electrons. The molecule has 0 atom stereocenters. The van der Waals surface area contributed by atoms with Gasteiger partial charge in [0, 0.05) is 29.3 Å². The fourth-order valence-electron chi connectivity index (χ4n) is 2.94. The van der Waals surface area contributed by atoms with E-state index in [2.05, 4.69) is 20.0 Å². The van der Waals surface area contributed by atoms with Gasteiger partial charge >= 0.3 is 0 Å². The molecule has 8 nitrogen and oxygen atoms in total. The maximum absolute atomic E-state index is 12.8. The Hall–Kier alpha value is -3.59. The van der Waals surface area contributed by atoms with Gasteiger partial charge in [-0.25, -0.2) is 13.4 Å². The van der Waals surface area contributed by atoms with Crippen LogP contribution in [-0.4, -0.2) is 31.4 Å². The topological polar surface area (TPSA) is 113 Å². The molecule has 0 fully saturated rings. The van der Waals surface area contributed by atoms with Gasteiger partial charge in [0.1, 0.15) is 16.5 Å². The van der Waals surface area contributed by atoms with Crippen LogP contribution in [0, 0.1) is 0 Å². The highest BCUT2D eigenvalue weighted by molar-refractivity contribution is 7.92. The van der Waals surface area contributed by atoms with E-state index in [1.807, 2.05) is 0 Å². The molecule has 0 radical (unpaired) electrons. The number of nitrogens with one attached hydrogen (secondary N) is 3. The number of methoxy groups -OCH3 is 1. The number of hydrogen-bond acceptors (Lipinski definition) is 5. The molecule has 0 aliphatic carbocycles. The molecule has 2 aromatic carbocycles. The van der Waals surface area contributed by atoms with Crippen LogP contribution in [0.3, 0.4) is 0 Å². The molecule has 9 heteroatoms. The minimum Gasteiger partial charge on any atom is -0.495 e. The van der Waals surface area contributed by atoms with Gasteiger partial charge in [-0.3, -0.25) is 9.52 Å². The molecule has 0 saturated carbocycles. The summed E-state index contributed by atoms with van der Waals surface area (Å²) >= 11 is 0. The predicted octanol–water partition coefficient (Wildman–Crippen LogP) is 2.71. The van der Waals surface area contributed by atoms with Gasteiger partial charge in [-0.15, -0.1) is 0 Å². The van der Waals surface area contributed by atoms with Crippen molar-refractivity contribution in [2.75, 3.05) is 17.1 Å². The molecular formula is C19H16N4O4S. The van der Waals surface area contributed by atoms with Crippen molar-refractivity contribution in [2.45, 2.75) is 4.90 Å². The lowest BCUT2D eigenvalue weighted by molar-refractivity contribution is -0.110. The summed E-state index contributed by atoms with van der Waals surface area (Å²) < 4.78 is 33.2. The second-order valence-corrected chi connectivity index (χ2v) is 7.65. The zero-order valence-corrected chi connectivity index (χ0v) is 15.6. The molecule has 2 heterocycles. The van der Waals surface area contributed by atoms with Gasteiger partial charge in [0.2, 0.25) is 0 Å². The Balaban J connectivity index is 1.70. The number of benzene rings is 2. The Bertz CT molecular complexity index is 1180. The summed E-state index contributed by atoms with van der Waals surface area (Å²) in [6, 6.07) is 11.2. The molecular weight excluding hydrogens is 380 g/mol. The maximum atomic E-state index is 12.8. The summed E-state index contributed by atoms with van der Waals surface area (Å²) in [5.41, 5.74) is 1.90. The molecule has 0 unspecified atom stereocenters. The van der Waals surface area contributed by atoms with Gasteiger partial charge in [-0.2, -0.15) is 0 Å². The molecule has 3 N–H and O–H groups in total. The molecule has 0 saturated heterocycles. The quantitative estimate of drug-likeness (QED) is 0.574. The summed E-state index contributed by atoms with van der Waals surface area (Å²) in [5.74, 6) is 0.487. The lowest BCUT2D eigenvalue weighted by atomic mass is 10.1. The molecule has 1 amide bonds. The number of carbonyl (C=O) groups excluding carboxylic acids is 1. The number of imidazole rings is 1. The van der Waals surface area contributed by atoms with E-state index in [9.17, 15) is 13.2 Å². The number of sulfonamides is 1. The van der Waals surface area contributed by atoms with Crippen LogP contribution in [0.4, 0.5) is 11.4 Å². The third-order valence-electron chi connectivity index (χ3n) is 4.21. The van der Waals surface area contributed by atoms with Crippen molar-refractivity contribution in [3.63, 3.8) is 0 Å². The fourth-order valence-corrected chi connectivity index (χ4v) is 4.16. The summed E-state index contributed by atoms with van der Waals surface area (Å²) in [6.07, 6.45) is 4.84. The number of H-pyrrole nitrogens is 1. The second-order valence-electron chi connectivity index (χ2n) is 6.00. The van der Waals surface area contributed by atoms with Crippen LogP contribution >= 0.6 is 0 Å². The molecule has 1 aromatic heterocycles. The van der Waals surface area contributed by atoms with Gasteiger partial charge in [0.25, 0.3) is 15.9 Å². The number of hydrogen-bond donors (Lipinski definition) is 3. The van der Waals surface area contributed by atoms with Crippen molar-refractivity contribution in [2.24, 2.45) is 0 Å². The van der Waals surface area contributed by atoms with Crippen LogP contribution in [0.25, 0.3) is 11.6 Å². The standard InChI is InChI=1S/C19H16N4O4S/c1-27-16-4-2-3-5-17(16)28(25,26)23-12-6-7-15-13(10-12)14(19(24)22-15)11-18-20-8-9-21-18/h2-11,23H,1H3,(H,20,21)(H,22,24)/b14-11-. The van der Waals surface area contributed by atoms with Crippen LogP contribution < -0.4 is 14.8 Å². The van der Waals surface area contributed by atoms with E-state index < -0.39 is 10.0 Å². The predicted molar refractivity (Wildman–Crippen MR) is 105 cm³/mol. The Labute approximate surface area is 161 Å². The number of para-hydroxylation sites is 1. The largest absolute Gasteiger partial charge is 0.495 e. The number of ether oxygens (including phenoxy) is 1. The average molecular weight is 396 g/mol. The number of carbonyl (C=O) groups is 1. The monoisotopic (exact) mass is 396 g/mol. The van der Waals surface area contributed by atoms with Gasteiger partial charge < -0.3 is 15.0 Å². The molecule has 4 rings (SSSR count). The zero-order valence-electron chi connectivity index (χ0n) is 14.8. The average Bonchev–Trinajstić information content (AvgIpc) is 3.30. The third-order valence-corrected chi connectivity index (χ3v) is 5.63. The van der Waals surface area contributed by atoms with Crippen LogP contribution in [0.15, 0.2) is 59.8 Å². The number of fused-ring (bicyclic) bond motifs is 1. The Kier molecular flexibility index (Phi) is 4.36. The second kappa shape index (κ2) is 6.86. The van der Waals surface area contributed by atoms with E-state index >= 15 is 0 Å². The summed E-state index contributed by atoms with van der Waals surface area (Å²) in [5, 5.41) is 2.75. The highest BCUT2D eigenvalue weighted by atomic mass is 32.2. The summed E-state index contributed by atoms with van der Waals surface area (Å²) in [6.45, 7) is 0. The number of anilines is 2. The highest BCUT2D eigenvalue weighted by Gasteiger charge is 2.26. The van der Waals surface area contributed by atoms with Gasteiger partial charge in [0.15, 0.2) is 0 Å². The molecule has 28 heavy (non-hydrogen) atoms. The molecule has 0 spiro atoms. The van der Waals surface area contributed by atoms with Crippen molar-refractivity contribution in [1.29, 1.82) is 0 Å². The van der Waals surface area contributed by atoms with E-state index in [0.29, 0.717) is 28.3 Å². The minimum atomic E-state index is -3.87. The number of rotatable bonds is 5. The number of amides is 1. The van der Waals surface area contributed by atoms with Gasteiger partial charge in [0.05, 0.1) is 12.7 Å². The zero-order chi connectivity index (χ0) is 19.7. The third kappa shape index (κ3) is 3.23. The number of aromatic amines is 1. The van der Waals surface area contributed by atoms with E-state index in [1.165, 1.54) is 13.2 Å². The normalized spacial score (nSPS) is 14.6. The molecule has 1 aliphatic rings. The molecule has 1 aliphatic heterocycles. The lowest BCUT2D eigenvalue weighted by Gasteiger charge is -2.12. The first-order chi connectivity index (χ1) is 13.5. The van der Waals surface area contributed by atoms with Crippen molar-refractivity contribution < 1.29 is 17.9 Å². The summed E-state index contributed by atoms with van der Waals surface area (Å²) in [4.78, 5) is 19.3. The van der Waals surface area contributed by atoms with Crippen molar-refractivity contribution in [1.82, 2.24) is 9.97 Å². The SMILES string of the molecule is COc1ccccc1S(=O)(=O)Nc1ccc2c(c1)/C(=C/c1ncc[nH]1)C(=O)N2. The van der Waals surface area contributed by atoms with Crippen molar-refractivity contribution in [3.8, 4) is 5.75 Å². The van der Waals surface area contributed by atoms with E-state index in [-0.39, 0.29) is 16.6 Å². The van der Waals surface area contributed by atoms with Crippen LogP contribution in [0.1, 0.15) is 11.4 Å². The Morgan fingerprint density at radius 1 is 1.18 bits per heavy atom. The van der Waals surface area contributed by atoms with Crippen molar-refractivity contribution in [3.05, 3.63) is 66.2 Å². The Morgan fingerprint density at radius 2 is 2.00 bits per heavy atom. The van der Waals surface area contributed by atoms with E-state index in [1.54, 1.807) is 54.9 Å². The molecule has 3 aromatic rings.